The summed E-state index contributed by atoms with van der Waals surface area (Å²) in [4.78, 5) is 0. The van der Waals surface area contributed by atoms with E-state index in [-0.39, 0.29) is 0 Å². The molecule has 62 valence electrons. The van der Waals surface area contributed by atoms with Gasteiger partial charge in [-0.3, -0.25) is 0 Å². The lowest BCUT2D eigenvalue weighted by molar-refractivity contribution is 0.0549. The average molecular weight is 265 g/mol. The highest BCUT2D eigenvalue weighted by Gasteiger charge is 2.37. The highest BCUT2D eigenvalue weighted by Crippen LogP contribution is 2.30. The molecule has 0 aliphatic heterocycles. The number of hydrogen-bond donors (Lipinski definition) is 2. The van der Waals surface area contributed by atoms with Crippen LogP contribution in [0, 0.1) is 0 Å². The van der Waals surface area contributed by atoms with Crippen LogP contribution in [0.4, 0.5) is 0 Å². The Bertz CT molecular complexity index is 228. The van der Waals surface area contributed by atoms with Crippen LogP contribution in [0.1, 0.15) is 13.8 Å². The minimum atomic E-state index is -0.932. The fourth-order valence-corrected chi connectivity index (χ4v) is 1.68. The van der Waals surface area contributed by atoms with Crippen molar-refractivity contribution in [3.05, 3.63) is 21.8 Å². The second kappa shape index (κ2) is 2.57. The van der Waals surface area contributed by atoms with Crippen molar-refractivity contribution in [2.75, 3.05) is 0 Å². The maximum absolute atomic E-state index is 9.82. The van der Waals surface area contributed by atoms with Crippen molar-refractivity contribution in [1.29, 1.82) is 0 Å². The van der Waals surface area contributed by atoms with E-state index in [1.54, 1.807) is 13.0 Å². The second-order valence-electron chi connectivity index (χ2n) is 3.29. The van der Waals surface area contributed by atoms with Crippen molar-refractivity contribution in [3.8, 4) is 0 Å². The van der Waals surface area contributed by atoms with Crippen LogP contribution >= 0.6 is 22.6 Å². The monoisotopic (exact) mass is 265 g/mol. The molecule has 0 aromatic heterocycles. The largest absolute Gasteiger partial charge is 0.384 e. The Hall–Kier alpha value is 0.130. The van der Waals surface area contributed by atoms with E-state index in [1.165, 1.54) is 0 Å². The normalized spacial score (nSPS) is 43.9. The van der Waals surface area contributed by atoms with Gasteiger partial charge in [-0.1, -0.05) is 12.2 Å². The van der Waals surface area contributed by atoms with Gasteiger partial charge in [0.1, 0.15) is 5.60 Å². The van der Waals surface area contributed by atoms with Gasteiger partial charge in [-0.25, -0.2) is 0 Å². The van der Waals surface area contributed by atoms with Gasteiger partial charge in [0.25, 0.3) is 0 Å². The maximum Gasteiger partial charge on any atom is 0.102 e. The van der Waals surface area contributed by atoms with Gasteiger partial charge in [0.05, 0.1) is 5.54 Å². The fourth-order valence-electron chi connectivity index (χ4n) is 0.894. The van der Waals surface area contributed by atoms with E-state index in [4.69, 9.17) is 5.73 Å². The van der Waals surface area contributed by atoms with Gasteiger partial charge in [0.15, 0.2) is 0 Å². The van der Waals surface area contributed by atoms with E-state index in [2.05, 4.69) is 22.6 Å². The summed E-state index contributed by atoms with van der Waals surface area (Å²) in [6.45, 7) is 3.53. The minimum Gasteiger partial charge on any atom is -0.384 e. The standard InChI is InChI=1S/C8H12INO/c1-7(10)4-3-6(9)5-8(7,2)11/h3-5,11H,10H2,1-2H3. The molecule has 3 N–H and O–H groups in total. The second-order valence-corrected chi connectivity index (χ2v) is 4.54. The quantitative estimate of drug-likeness (QED) is 0.649. The van der Waals surface area contributed by atoms with Gasteiger partial charge in [0.2, 0.25) is 0 Å². The summed E-state index contributed by atoms with van der Waals surface area (Å²) in [5, 5.41) is 9.82. The van der Waals surface area contributed by atoms with Gasteiger partial charge < -0.3 is 10.8 Å². The van der Waals surface area contributed by atoms with Crippen LogP contribution in [0.25, 0.3) is 0 Å². The third-order valence-electron chi connectivity index (χ3n) is 2.10. The number of hydrogen-bond acceptors (Lipinski definition) is 2. The Balaban J connectivity index is 3.04. The molecule has 11 heavy (non-hydrogen) atoms. The SMILES string of the molecule is CC1(N)C=CC(I)=CC1(C)O. The van der Waals surface area contributed by atoms with Gasteiger partial charge >= 0.3 is 0 Å². The van der Waals surface area contributed by atoms with Crippen LogP contribution in [-0.4, -0.2) is 16.2 Å². The molecule has 0 amide bonds. The fraction of sp³-hybridized carbons (Fsp3) is 0.500. The first-order chi connectivity index (χ1) is 4.85. The van der Waals surface area contributed by atoms with Crippen molar-refractivity contribution in [3.63, 3.8) is 0 Å². The first-order valence-electron chi connectivity index (χ1n) is 3.44. The van der Waals surface area contributed by atoms with Crippen LogP contribution in [-0.2, 0) is 0 Å². The molecule has 0 aromatic rings. The topological polar surface area (TPSA) is 46.2 Å². The molecule has 1 aliphatic rings. The smallest absolute Gasteiger partial charge is 0.102 e. The Morgan fingerprint density at radius 3 is 2.45 bits per heavy atom. The zero-order chi connectivity index (χ0) is 8.70. The maximum atomic E-state index is 9.82. The van der Waals surface area contributed by atoms with E-state index < -0.39 is 11.1 Å². The third kappa shape index (κ3) is 1.65. The van der Waals surface area contributed by atoms with Crippen LogP contribution in [0.3, 0.4) is 0 Å². The first-order valence-corrected chi connectivity index (χ1v) is 4.52. The molecule has 0 saturated carbocycles. The lowest BCUT2D eigenvalue weighted by atomic mass is 9.80. The van der Waals surface area contributed by atoms with Crippen molar-refractivity contribution in [2.24, 2.45) is 5.73 Å². The molecular weight excluding hydrogens is 253 g/mol. The van der Waals surface area contributed by atoms with Crippen LogP contribution in [0.5, 0.6) is 0 Å². The molecular formula is C8H12INO. The van der Waals surface area contributed by atoms with E-state index in [1.807, 2.05) is 19.1 Å². The Morgan fingerprint density at radius 2 is 2.09 bits per heavy atom. The highest BCUT2D eigenvalue weighted by atomic mass is 127. The Kier molecular flexibility index (Phi) is 2.15. The lowest BCUT2D eigenvalue weighted by Gasteiger charge is -2.37. The van der Waals surface area contributed by atoms with Crippen LogP contribution in [0.15, 0.2) is 21.8 Å². The first kappa shape index (κ1) is 9.22. The predicted octanol–water partition coefficient (Wildman–Crippen LogP) is 1.34. The molecule has 2 nitrogen and oxygen atoms in total. The highest BCUT2D eigenvalue weighted by molar-refractivity contribution is 14.1. The van der Waals surface area contributed by atoms with Crippen molar-refractivity contribution >= 4 is 22.6 Å². The summed E-state index contributed by atoms with van der Waals surface area (Å²) in [7, 11) is 0. The van der Waals surface area contributed by atoms with E-state index in [0.717, 1.165) is 3.58 Å². The molecule has 0 heterocycles. The number of aliphatic hydroxyl groups is 1. The van der Waals surface area contributed by atoms with Crippen LogP contribution < -0.4 is 5.73 Å². The summed E-state index contributed by atoms with van der Waals surface area (Å²) in [6, 6.07) is 0. The van der Waals surface area contributed by atoms with Gasteiger partial charge in [0, 0.05) is 3.58 Å². The zero-order valence-corrected chi connectivity index (χ0v) is 8.79. The number of nitrogens with two attached hydrogens (primary N) is 1. The molecule has 0 spiro atoms. The third-order valence-corrected chi connectivity index (χ3v) is 2.77. The van der Waals surface area contributed by atoms with E-state index >= 15 is 0 Å². The lowest BCUT2D eigenvalue weighted by Crippen LogP contribution is -2.55. The number of allylic oxidation sites excluding steroid dienone is 2. The van der Waals surface area contributed by atoms with Crippen molar-refractivity contribution in [1.82, 2.24) is 0 Å². The molecule has 0 aromatic carbocycles. The van der Waals surface area contributed by atoms with Crippen LogP contribution in [0.2, 0.25) is 0 Å². The number of rotatable bonds is 0. The molecule has 1 aliphatic carbocycles. The summed E-state index contributed by atoms with van der Waals surface area (Å²) in [5.74, 6) is 0. The molecule has 2 unspecified atom stereocenters. The van der Waals surface area contributed by atoms with Gasteiger partial charge in [-0.2, -0.15) is 0 Å². The molecule has 0 radical (unpaired) electrons. The molecule has 3 heteroatoms. The summed E-state index contributed by atoms with van der Waals surface area (Å²) in [5.41, 5.74) is 4.25. The van der Waals surface area contributed by atoms with Gasteiger partial charge in [-0.15, -0.1) is 0 Å². The summed E-state index contributed by atoms with van der Waals surface area (Å²) < 4.78 is 1.02. The molecule has 0 bridgehead atoms. The molecule has 0 saturated heterocycles. The average Bonchev–Trinajstić information content (AvgIpc) is 1.80. The summed E-state index contributed by atoms with van der Waals surface area (Å²) >= 11 is 2.16. The Morgan fingerprint density at radius 1 is 1.55 bits per heavy atom. The zero-order valence-electron chi connectivity index (χ0n) is 6.63. The van der Waals surface area contributed by atoms with E-state index in [0.29, 0.717) is 0 Å². The van der Waals surface area contributed by atoms with Crippen molar-refractivity contribution in [2.45, 2.75) is 25.0 Å². The number of halogens is 1. The molecule has 1 rings (SSSR count). The summed E-state index contributed by atoms with van der Waals surface area (Å²) in [6.07, 6.45) is 5.51. The predicted molar refractivity (Wildman–Crippen MR) is 54.5 cm³/mol. The Labute approximate surface area is 80.3 Å². The molecule has 0 fully saturated rings. The van der Waals surface area contributed by atoms with E-state index in [9.17, 15) is 5.11 Å². The van der Waals surface area contributed by atoms with Gasteiger partial charge in [-0.05, 0) is 42.5 Å². The minimum absolute atomic E-state index is 0.651. The van der Waals surface area contributed by atoms with Crippen molar-refractivity contribution < 1.29 is 5.11 Å². The molecule has 2 atom stereocenters.